The number of sulfonamides is 1. The summed E-state index contributed by atoms with van der Waals surface area (Å²) in [5.74, 6) is 0.0623. The van der Waals surface area contributed by atoms with Crippen molar-refractivity contribution in [3.05, 3.63) is 64.6 Å². The molecule has 170 valence electrons. The van der Waals surface area contributed by atoms with Crippen LogP contribution in [0.25, 0.3) is 22.0 Å². The highest BCUT2D eigenvalue weighted by Gasteiger charge is 2.20. The van der Waals surface area contributed by atoms with Crippen LogP contribution in [-0.2, 0) is 10.0 Å². The Kier molecular flexibility index (Phi) is 6.31. The van der Waals surface area contributed by atoms with Crippen LogP contribution in [0.5, 0.6) is 11.6 Å². The maximum atomic E-state index is 12.1. The van der Waals surface area contributed by atoms with E-state index in [0.717, 1.165) is 11.1 Å². The molecule has 0 aliphatic heterocycles. The number of nitrogens with one attached hydrogen (secondary N) is 2. The molecule has 0 spiro atoms. The first-order valence-corrected chi connectivity index (χ1v) is 11.8. The van der Waals surface area contributed by atoms with E-state index < -0.39 is 10.0 Å². The molecule has 3 aromatic carbocycles. The van der Waals surface area contributed by atoms with Gasteiger partial charge in [-0.15, -0.1) is 5.11 Å². The summed E-state index contributed by atoms with van der Waals surface area (Å²) in [4.78, 5) is 2.95. The number of H-pyrrole nitrogens is 1. The number of aromatic nitrogens is 1. The second-order valence-corrected chi connectivity index (χ2v) is 9.60. The number of fused-ring (bicyclic) bond motifs is 1. The molecular weight excluding hydrogens is 487 g/mol. The topological polar surface area (TPSA) is 116 Å². The summed E-state index contributed by atoms with van der Waals surface area (Å²) in [5.41, 5.74) is 2.70. The van der Waals surface area contributed by atoms with Gasteiger partial charge in [-0.2, -0.15) is 5.11 Å². The Morgan fingerprint density at radius 2 is 1.76 bits per heavy atom. The van der Waals surface area contributed by atoms with Gasteiger partial charge in [0, 0.05) is 0 Å². The van der Waals surface area contributed by atoms with Crippen molar-refractivity contribution in [2.75, 3.05) is 14.2 Å². The Morgan fingerprint density at radius 3 is 2.42 bits per heavy atom. The third kappa shape index (κ3) is 4.40. The summed E-state index contributed by atoms with van der Waals surface area (Å²) in [6.45, 7) is 0. The van der Waals surface area contributed by atoms with Gasteiger partial charge in [0.1, 0.15) is 0 Å². The highest BCUT2D eigenvalue weighted by atomic mass is 35.5. The van der Waals surface area contributed by atoms with E-state index in [9.17, 15) is 13.5 Å². The predicted octanol–water partition coefficient (Wildman–Crippen LogP) is 6.18. The number of aromatic hydroxyl groups is 1. The number of rotatable bonds is 6. The average molecular weight is 505 g/mol. The zero-order valence-electron chi connectivity index (χ0n) is 17.4. The minimum absolute atomic E-state index is 0.152. The molecule has 8 nitrogen and oxygen atoms in total. The molecule has 0 fully saturated rings. The lowest BCUT2D eigenvalue weighted by molar-refractivity contribution is 0.416. The van der Waals surface area contributed by atoms with Gasteiger partial charge in [0.15, 0.2) is 11.4 Å². The van der Waals surface area contributed by atoms with E-state index in [4.69, 9.17) is 27.9 Å². The lowest BCUT2D eigenvalue weighted by Crippen LogP contribution is -2.18. The number of ether oxygens (including phenoxy) is 1. The van der Waals surface area contributed by atoms with Crippen molar-refractivity contribution < 1.29 is 18.3 Å². The summed E-state index contributed by atoms with van der Waals surface area (Å²) in [6.07, 6.45) is 0. The fraction of sp³-hybridized carbons (Fsp3) is 0.0909. The number of nitrogens with zero attached hydrogens (tertiary/aromatic N) is 2. The molecular formula is C22H18Cl2N4O4S. The molecule has 4 aromatic rings. The third-order valence-corrected chi connectivity index (χ3v) is 7.03. The maximum Gasteiger partial charge on any atom is 0.240 e. The Bertz CT molecular complexity index is 1480. The first-order valence-electron chi connectivity index (χ1n) is 9.57. The van der Waals surface area contributed by atoms with Crippen LogP contribution in [0.2, 0.25) is 10.0 Å². The predicted molar refractivity (Wildman–Crippen MR) is 129 cm³/mol. The maximum absolute atomic E-state index is 12.1. The molecule has 3 N–H and O–H groups in total. The Morgan fingerprint density at radius 1 is 1.03 bits per heavy atom. The van der Waals surface area contributed by atoms with Crippen LogP contribution in [0, 0.1) is 0 Å². The molecule has 0 unspecified atom stereocenters. The van der Waals surface area contributed by atoms with Crippen molar-refractivity contribution in [3.8, 4) is 22.8 Å². The van der Waals surface area contributed by atoms with Crippen LogP contribution >= 0.6 is 23.2 Å². The van der Waals surface area contributed by atoms with E-state index in [-0.39, 0.29) is 27.2 Å². The average Bonchev–Trinajstić information content (AvgIpc) is 3.13. The quantitative estimate of drug-likeness (QED) is 0.271. The normalized spacial score (nSPS) is 12.0. The van der Waals surface area contributed by atoms with Crippen LogP contribution in [0.3, 0.4) is 0 Å². The molecule has 0 saturated carbocycles. The Balaban J connectivity index is 1.66. The van der Waals surface area contributed by atoms with Crippen molar-refractivity contribution in [1.82, 2.24) is 9.71 Å². The van der Waals surface area contributed by atoms with Crippen LogP contribution in [0.4, 0.5) is 11.4 Å². The lowest BCUT2D eigenvalue weighted by Gasteiger charge is -2.07. The summed E-state index contributed by atoms with van der Waals surface area (Å²) >= 11 is 12.6. The smallest absolute Gasteiger partial charge is 0.240 e. The number of hydrogen-bond acceptors (Lipinski definition) is 6. The SMILES string of the molecule is CNS(=O)(=O)c1cccc(-c2ccc(N=Nc3c(O)[nH]c4cc(Cl)c(OC)c(Cl)c34)cc2)c1. The number of aromatic amines is 1. The van der Waals surface area contributed by atoms with Crippen molar-refractivity contribution in [2.24, 2.45) is 10.2 Å². The van der Waals surface area contributed by atoms with Crippen LogP contribution in [0.1, 0.15) is 0 Å². The number of halogens is 2. The van der Waals surface area contributed by atoms with Crippen molar-refractivity contribution in [2.45, 2.75) is 4.90 Å². The number of methoxy groups -OCH3 is 1. The van der Waals surface area contributed by atoms with Gasteiger partial charge in [0.25, 0.3) is 0 Å². The standard InChI is InChI=1S/C22H18Cl2N4O4S/c1-25-33(30,31)15-5-3-4-13(10-15)12-6-8-14(9-7-12)27-28-20-18-17(26-22(20)29)11-16(23)21(32-2)19(18)24/h3-11,25-26,29H,1-2H3. The Hall–Kier alpha value is -3.11. The van der Waals surface area contributed by atoms with E-state index >= 15 is 0 Å². The van der Waals surface area contributed by atoms with E-state index in [0.29, 0.717) is 21.6 Å². The fourth-order valence-electron chi connectivity index (χ4n) is 3.31. The molecule has 0 atom stereocenters. The van der Waals surface area contributed by atoms with Gasteiger partial charge in [-0.05, 0) is 48.5 Å². The van der Waals surface area contributed by atoms with E-state index in [1.807, 2.05) is 6.07 Å². The zero-order valence-corrected chi connectivity index (χ0v) is 19.8. The van der Waals surface area contributed by atoms with Gasteiger partial charge in [-0.3, -0.25) is 0 Å². The molecule has 0 radical (unpaired) electrons. The second-order valence-electron chi connectivity index (χ2n) is 6.93. The van der Waals surface area contributed by atoms with Gasteiger partial charge in [-0.1, -0.05) is 47.5 Å². The summed E-state index contributed by atoms with van der Waals surface area (Å²) in [6, 6.07) is 15.2. The van der Waals surface area contributed by atoms with E-state index in [1.165, 1.54) is 20.2 Å². The monoisotopic (exact) mass is 504 g/mol. The third-order valence-electron chi connectivity index (χ3n) is 4.97. The number of hydrogen-bond donors (Lipinski definition) is 3. The molecule has 1 heterocycles. The minimum Gasteiger partial charge on any atom is -0.494 e. The first-order chi connectivity index (χ1) is 15.7. The van der Waals surface area contributed by atoms with E-state index in [2.05, 4.69) is 19.9 Å². The molecule has 0 amide bonds. The van der Waals surface area contributed by atoms with Crippen LogP contribution in [0.15, 0.2) is 69.7 Å². The molecule has 0 aliphatic rings. The van der Waals surface area contributed by atoms with Gasteiger partial charge >= 0.3 is 0 Å². The largest absolute Gasteiger partial charge is 0.494 e. The first kappa shape index (κ1) is 23.1. The van der Waals surface area contributed by atoms with Crippen LogP contribution < -0.4 is 9.46 Å². The molecule has 11 heteroatoms. The molecule has 4 rings (SSSR count). The number of benzene rings is 3. The van der Waals surface area contributed by atoms with Gasteiger partial charge in [-0.25, -0.2) is 13.1 Å². The van der Waals surface area contributed by atoms with E-state index in [1.54, 1.807) is 42.5 Å². The second kappa shape index (κ2) is 9.03. The molecule has 0 aliphatic carbocycles. The highest BCUT2D eigenvalue weighted by molar-refractivity contribution is 7.89. The van der Waals surface area contributed by atoms with Crippen LogP contribution in [-0.4, -0.2) is 32.7 Å². The summed E-state index contributed by atoms with van der Waals surface area (Å²) in [5, 5.41) is 19.6. The lowest BCUT2D eigenvalue weighted by atomic mass is 10.1. The van der Waals surface area contributed by atoms with Crippen molar-refractivity contribution in [3.63, 3.8) is 0 Å². The Labute approximate surface area is 199 Å². The molecule has 0 bridgehead atoms. The van der Waals surface area contributed by atoms with Crippen molar-refractivity contribution >= 4 is 55.5 Å². The molecule has 1 aromatic heterocycles. The van der Waals surface area contributed by atoms with Gasteiger partial charge < -0.3 is 14.8 Å². The molecule has 0 saturated heterocycles. The van der Waals surface area contributed by atoms with Gasteiger partial charge in [0.05, 0.1) is 38.6 Å². The number of azo groups is 1. The molecule has 33 heavy (non-hydrogen) atoms. The minimum atomic E-state index is -3.54. The zero-order chi connectivity index (χ0) is 23.8. The fourth-order valence-corrected chi connectivity index (χ4v) is 4.78. The highest BCUT2D eigenvalue weighted by Crippen LogP contribution is 2.46. The van der Waals surface area contributed by atoms with Crippen molar-refractivity contribution in [1.29, 1.82) is 0 Å². The summed E-state index contributed by atoms with van der Waals surface area (Å²) < 4.78 is 31.6. The van der Waals surface area contributed by atoms with Gasteiger partial charge in [0.2, 0.25) is 15.9 Å². The summed E-state index contributed by atoms with van der Waals surface area (Å²) in [7, 11) is -0.733.